The lowest BCUT2D eigenvalue weighted by Crippen LogP contribution is -2.30. The number of nitrogens with two attached hydrogens (primary N) is 1. The Hall–Kier alpha value is -2.82. The number of rotatable bonds is 4. The predicted molar refractivity (Wildman–Crippen MR) is 95.4 cm³/mol. The molecule has 2 amide bonds. The Morgan fingerprint density at radius 3 is 2.29 bits per heavy atom. The minimum Gasteiger partial charge on any atom is -0.370 e. The second-order valence-corrected chi connectivity index (χ2v) is 5.96. The zero-order valence-corrected chi connectivity index (χ0v) is 13.5. The van der Waals surface area contributed by atoms with Gasteiger partial charge in [-0.15, -0.1) is 0 Å². The first-order valence-corrected chi connectivity index (χ1v) is 8.20. The van der Waals surface area contributed by atoms with Crippen LogP contribution in [0, 0.1) is 0 Å². The molecule has 1 heterocycles. The fourth-order valence-electron chi connectivity index (χ4n) is 2.98. The van der Waals surface area contributed by atoms with Crippen molar-refractivity contribution in [2.24, 2.45) is 5.73 Å². The van der Waals surface area contributed by atoms with Gasteiger partial charge in [-0.1, -0.05) is 18.2 Å². The highest BCUT2D eigenvalue weighted by Crippen LogP contribution is 2.30. The Labute approximate surface area is 141 Å². The van der Waals surface area contributed by atoms with Gasteiger partial charge in [-0.25, -0.2) is 0 Å². The summed E-state index contributed by atoms with van der Waals surface area (Å²) in [4.78, 5) is 26.2. The molecule has 24 heavy (non-hydrogen) atoms. The Morgan fingerprint density at radius 2 is 1.62 bits per heavy atom. The van der Waals surface area contributed by atoms with Gasteiger partial charge in [-0.3, -0.25) is 9.59 Å². The van der Waals surface area contributed by atoms with Crippen molar-refractivity contribution >= 4 is 23.2 Å². The van der Waals surface area contributed by atoms with Crippen LogP contribution in [0.15, 0.2) is 48.5 Å². The van der Waals surface area contributed by atoms with Crippen molar-refractivity contribution in [3.8, 4) is 0 Å². The number of benzene rings is 2. The molecule has 0 aromatic heterocycles. The normalized spacial score (nSPS) is 14.2. The number of primary amides is 1. The van der Waals surface area contributed by atoms with Crippen molar-refractivity contribution in [2.75, 3.05) is 23.3 Å². The van der Waals surface area contributed by atoms with E-state index in [1.54, 1.807) is 24.3 Å². The quantitative estimate of drug-likeness (QED) is 0.908. The van der Waals surface area contributed by atoms with Gasteiger partial charge in [0, 0.05) is 24.2 Å². The van der Waals surface area contributed by atoms with E-state index in [2.05, 4.69) is 10.2 Å². The van der Waals surface area contributed by atoms with Gasteiger partial charge in [0.1, 0.15) is 0 Å². The van der Waals surface area contributed by atoms with Crippen LogP contribution in [0.5, 0.6) is 0 Å². The third-order valence-corrected chi connectivity index (χ3v) is 4.26. The molecule has 0 bridgehead atoms. The SMILES string of the molecule is NC(=O)c1ccc(N2CCCCC2)c(NC(=O)c2ccccc2)c1. The van der Waals surface area contributed by atoms with Gasteiger partial charge < -0.3 is 16.0 Å². The fourth-order valence-corrected chi connectivity index (χ4v) is 2.98. The van der Waals surface area contributed by atoms with E-state index in [0.717, 1.165) is 31.6 Å². The second kappa shape index (κ2) is 7.17. The van der Waals surface area contributed by atoms with Crippen LogP contribution < -0.4 is 16.0 Å². The first-order chi connectivity index (χ1) is 11.6. The monoisotopic (exact) mass is 323 g/mol. The molecule has 1 fully saturated rings. The summed E-state index contributed by atoms with van der Waals surface area (Å²) in [6, 6.07) is 14.3. The highest BCUT2D eigenvalue weighted by atomic mass is 16.2. The molecule has 5 nitrogen and oxygen atoms in total. The van der Waals surface area contributed by atoms with E-state index in [1.165, 1.54) is 6.42 Å². The van der Waals surface area contributed by atoms with E-state index in [0.29, 0.717) is 16.8 Å². The van der Waals surface area contributed by atoms with E-state index in [-0.39, 0.29) is 5.91 Å². The van der Waals surface area contributed by atoms with E-state index >= 15 is 0 Å². The summed E-state index contributed by atoms with van der Waals surface area (Å²) in [6.45, 7) is 1.90. The third-order valence-electron chi connectivity index (χ3n) is 4.26. The van der Waals surface area contributed by atoms with Crippen LogP contribution in [0.25, 0.3) is 0 Å². The summed E-state index contributed by atoms with van der Waals surface area (Å²) >= 11 is 0. The number of nitrogens with one attached hydrogen (secondary N) is 1. The molecule has 0 saturated carbocycles. The summed E-state index contributed by atoms with van der Waals surface area (Å²) in [7, 11) is 0. The number of piperidine rings is 1. The van der Waals surface area contributed by atoms with Gasteiger partial charge in [0.05, 0.1) is 11.4 Å². The molecule has 1 aliphatic rings. The molecule has 1 aliphatic heterocycles. The van der Waals surface area contributed by atoms with Gasteiger partial charge in [0.25, 0.3) is 5.91 Å². The molecular formula is C19H21N3O2. The summed E-state index contributed by atoms with van der Waals surface area (Å²) < 4.78 is 0. The molecule has 5 heteroatoms. The smallest absolute Gasteiger partial charge is 0.255 e. The maximum atomic E-state index is 12.5. The van der Waals surface area contributed by atoms with E-state index in [4.69, 9.17) is 5.73 Å². The molecule has 1 saturated heterocycles. The predicted octanol–water partition coefficient (Wildman–Crippen LogP) is 3.03. The van der Waals surface area contributed by atoms with Crippen molar-refractivity contribution in [3.63, 3.8) is 0 Å². The second-order valence-electron chi connectivity index (χ2n) is 5.96. The van der Waals surface area contributed by atoms with Crippen LogP contribution in [0.4, 0.5) is 11.4 Å². The maximum Gasteiger partial charge on any atom is 0.255 e. The van der Waals surface area contributed by atoms with Crippen molar-refractivity contribution in [1.82, 2.24) is 0 Å². The van der Waals surface area contributed by atoms with Gasteiger partial charge in [0.2, 0.25) is 5.91 Å². The first kappa shape index (κ1) is 16.1. The molecule has 124 valence electrons. The molecule has 3 rings (SSSR count). The lowest BCUT2D eigenvalue weighted by atomic mass is 10.1. The number of hydrogen-bond acceptors (Lipinski definition) is 3. The van der Waals surface area contributed by atoms with Crippen LogP contribution in [0.1, 0.15) is 40.0 Å². The zero-order chi connectivity index (χ0) is 16.9. The molecule has 0 unspecified atom stereocenters. The van der Waals surface area contributed by atoms with Gasteiger partial charge in [-0.05, 0) is 49.6 Å². The molecule has 0 radical (unpaired) electrons. The first-order valence-electron chi connectivity index (χ1n) is 8.20. The number of nitrogens with zero attached hydrogens (tertiary/aromatic N) is 1. The van der Waals surface area contributed by atoms with Crippen LogP contribution in [-0.4, -0.2) is 24.9 Å². The molecular weight excluding hydrogens is 302 g/mol. The topological polar surface area (TPSA) is 75.4 Å². The summed E-state index contributed by atoms with van der Waals surface area (Å²) in [5.74, 6) is -0.703. The van der Waals surface area contributed by atoms with Crippen LogP contribution in [-0.2, 0) is 0 Å². The van der Waals surface area contributed by atoms with E-state index in [9.17, 15) is 9.59 Å². The maximum absolute atomic E-state index is 12.5. The Bertz CT molecular complexity index is 738. The number of hydrogen-bond donors (Lipinski definition) is 2. The molecule has 3 N–H and O–H groups in total. The number of amides is 2. The number of carbonyl (C=O) groups is 2. The number of carbonyl (C=O) groups excluding carboxylic acids is 2. The third kappa shape index (κ3) is 3.56. The fraction of sp³-hybridized carbons (Fsp3) is 0.263. The highest BCUT2D eigenvalue weighted by molar-refractivity contribution is 6.07. The molecule has 2 aromatic rings. The van der Waals surface area contributed by atoms with Crippen LogP contribution >= 0.6 is 0 Å². The average Bonchev–Trinajstić information content (AvgIpc) is 2.63. The van der Waals surface area contributed by atoms with Crippen molar-refractivity contribution in [2.45, 2.75) is 19.3 Å². The largest absolute Gasteiger partial charge is 0.370 e. The lowest BCUT2D eigenvalue weighted by molar-refractivity contribution is 0.0996. The van der Waals surface area contributed by atoms with Crippen molar-refractivity contribution < 1.29 is 9.59 Å². The van der Waals surface area contributed by atoms with Crippen LogP contribution in [0.3, 0.4) is 0 Å². The minimum atomic E-state index is -0.504. The minimum absolute atomic E-state index is 0.199. The molecule has 2 aromatic carbocycles. The van der Waals surface area contributed by atoms with Crippen molar-refractivity contribution in [1.29, 1.82) is 0 Å². The summed E-state index contributed by atoms with van der Waals surface area (Å²) in [6.07, 6.45) is 3.48. The van der Waals surface area contributed by atoms with Crippen molar-refractivity contribution in [3.05, 3.63) is 59.7 Å². The highest BCUT2D eigenvalue weighted by Gasteiger charge is 2.18. The molecule has 0 spiro atoms. The van der Waals surface area contributed by atoms with Gasteiger partial charge >= 0.3 is 0 Å². The number of anilines is 2. The average molecular weight is 323 g/mol. The Morgan fingerprint density at radius 1 is 0.917 bits per heavy atom. The van der Waals surface area contributed by atoms with E-state index in [1.807, 2.05) is 24.3 Å². The van der Waals surface area contributed by atoms with Gasteiger partial charge in [0.15, 0.2) is 0 Å². The standard InChI is InChI=1S/C19H21N3O2/c20-18(23)15-9-10-17(22-11-5-2-6-12-22)16(13-15)21-19(24)14-7-3-1-4-8-14/h1,3-4,7-10,13H,2,5-6,11-12H2,(H2,20,23)(H,21,24). The summed E-state index contributed by atoms with van der Waals surface area (Å²) in [5.41, 5.74) is 7.91. The molecule has 0 aliphatic carbocycles. The lowest BCUT2D eigenvalue weighted by Gasteiger charge is -2.30. The van der Waals surface area contributed by atoms with Crippen LogP contribution in [0.2, 0.25) is 0 Å². The van der Waals surface area contributed by atoms with E-state index < -0.39 is 5.91 Å². The Kier molecular flexibility index (Phi) is 4.79. The Balaban J connectivity index is 1.92. The summed E-state index contributed by atoms with van der Waals surface area (Å²) in [5, 5.41) is 2.93. The molecule has 0 atom stereocenters. The zero-order valence-electron chi connectivity index (χ0n) is 13.5. The van der Waals surface area contributed by atoms with Gasteiger partial charge in [-0.2, -0.15) is 0 Å².